The van der Waals surface area contributed by atoms with Crippen molar-refractivity contribution in [1.82, 2.24) is 9.80 Å². The van der Waals surface area contributed by atoms with Gasteiger partial charge < -0.3 is 29.5 Å². The zero-order chi connectivity index (χ0) is 28.4. The van der Waals surface area contributed by atoms with E-state index in [0.29, 0.717) is 31.3 Å². The molecule has 7 nitrogen and oxygen atoms in total. The summed E-state index contributed by atoms with van der Waals surface area (Å²) in [5, 5.41) is 22.1. The summed E-state index contributed by atoms with van der Waals surface area (Å²) < 4.78 is 12.3. The van der Waals surface area contributed by atoms with Gasteiger partial charge in [-0.15, -0.1) is 0 Å². The number of hydrogen-bond acceptors (Lipinski definition) is 6. The summed E-state index contributed by atoms with van der Waals surface area (Å²) in [6, 6.07) is 21.1. The summed E-state index contributed by atoms with van der Waals surface area (Å²) in [5.74, 6) is 1.31. The maximum Gasteiger partial charge on any atom is 0.261 e. The average molecular weight is 577 g/mol. The van der Waals surface area contributed by atoms with Crippen LogP contribution in [0.4, 0.5) is 0 Å². The molecule has 1 spiro atoms. The van der Waals surface area contributed by atoms with Gasteiger partial charge in [-0.1, -0.05) is 48.0 Å². The Morgan fingerprint density at radius 2 is 1.78 bits per heavy atom. The SMILES string of the molecule is O=C(c1c(O)cccc1OC[C@@H](O)CN1CCC2(CC1)Cc1cc(Cl)ccc1O2)N1CCC(c2ccccc2)CC1. The Morgan fingerprint density at radius 1 is 1.02 bits per heavy atom. The van der Waals surface area contributed by atoms with E-state index in [2.05, 4.69) is 29.2 Å². The molecule has 2 N–H and O–H groups in total. The maximum atomic E-state index is 13.5. The second-order valence-electron chi connectivity index (χ2n) is 11.6. The number of carbonyl (C=O) groups is 1. The number of benzene rings is 3. The second-order valence-corrected chi connectivity index (χ2v) is 12.0. The molecule has 0 bridgehead atoms. The van der Waals surface area contributed by atoms with Crippen molar-refractivity contribution in [1.29, 1.82) is 0 Å². The fourth-order valence-electron chi connectivity index (χ4n) is 6.51. The monoisotopic (exact) mass is 576 g/mol. The molecular formula is C33H37ClN2O5. The van der Waals surface area contributed by atoms with E-state index < -0.39 is 6.10 Å². The van der Waals surface area contributed by atoms with E-state index in [4.69, 9.17) is 21.1 Å². The molecule has 6 rings (SSSR count). The fourth-order valence-corrected chi connectivity index (χ4v) is 6.71. The smallest absolute Gasteiger partial charge is 0.261 e. The van der Waals surface area contributed by atoms with E-state index in [1.165, 1.54) is 11.6 Å². The highest BCUT2D eigenvalue weighted by Gasteiger charge is 2.42. The number of hydrogen-bond donors (Lipinski definition) is 2. The number of rotatable bonds is 7. The molecule has 1 atom stereocenters. The quantitative estimate of drug-likeness (QED) is 0.398. The van der Waals surface area contributed by atoms with Gasteiger partial charge in [-0.2, -0.15) is 0 Å². The van der Waals surface area contributed by atoms with Crippen molar-refractivity contribution in [2.24, 2.45) is 0 Å². The Balaban J connectivity index is 1.01. The van der Waals surface area contributed by atoms with Crippen LogP contribution in [0.1, 0.15) is 53.1 Å². The van der Waals surface area contributed by atoms with Crippen LogP contribution in [0, 0.1) is 0 Å². The molecule has 3 aromatic carbocycles. The predicted octanol–water partition coefficient (Wildman–Crippen LogP) is 5.27. The molecule has 0 aromatic heterocycles. The van der Waals surface area contributed by atoms with Gasteiger partial charge in [-0.05, 0) is 60.2 Å². The van der Waals surface area contributed by atoms with Crippen LogP contribution in [0.5, 0.6) is 17.2 Å². The topological polar surface area (TPSA) is 82.5 Å². The van der Waals surface area contributed by atoms with Gasteiger partial charge in [0.2, 0.25) is 0 Å². The number of amides is 1. The van der Waals surface area contributed by atoms with Gasteiger partial charge in [0.15, 0.2) is 0 Å². The van der Waals surface area contributed by atoms with E-state index in [0.717, 1.165) is 61.5 Å². The highest BCUT2D eigenvalue weighted by atomic mass is 35.5. The van der Waals surface area contributed by atoms with Gasteiger partial charge in [0.05, 0.1) is 0 Å². The predicted molar refractivity (Wildman–Crippen MR) is 158 cm³/mol. The van der Waals surface area contributed by atoms with Crippen LogP contribution in [-0.4, -0.2) is 77.0 Å². The average Bonchev–Trinajstić information content (AvgIpc) is 3.34. The first kappa shape index (κ1) is 27.9. The third kappa shape index (κ3) is 6.17. The number of fused-ring (bicyclic) bond motifs is 1. The maximum absolute atomic E-state index is 13.5. The molecule has 3 aliphatic heterocycles. The molecule has 0 saturated carbocycles. The highest BCUT2D eigenvalue weighted by molar-refractivity contribution is 6.30. The van der Waals surface area contributed by atoms with Crippen LogP contribution >= 0.6 is 11.6 Å². The lowest BCUT2D eigenvalue weighted by Crippen LogP contribution is -2.49. The minimum atomic E-state index is -0.739. The molecule has 2 saturated heterocycles. The second kappa shape index (κ2) is 11.9. The van der Waals surface area contributed by atoms with Gasteiger partial charge in [-0.25, -0.2) is 0 Å². The van der Waals surface area contributed by atoms with Crippen molar-refractivity contribution in [3.05, 3.63) is 88.4 Å². The molecule has 2 fully saturated rings. The van der Waals surface area contributed by atoms with Gasteiger partial charge in [0, 0.05) is 57.0 Å². The summed E-state index contributed by atoms with van der Waals surface area (Å²) in [6.45, 7) is 3.35. The molecule has 3 heterocycles. The Labute approximate surface area is 246 Å². The van der Waals surface area contributed by atoms with Crippen molar-refractivity contribution in [3.8, 4) is 17.2 Å². The number of aliphatic hydroxyl groups excluding tert-OH is 1. The van der Waals surface area contributed by atoms with Crippen LogP contribution < -0.4 is 9.47 Å². The number of ether oxygens (including phenoxy) is 2. The number of likely N-dealkylation sites (tertiary alicyclic amines) is 2. The molecule has 216 valence electrons. The summed E-state index contributed by atoms with van der Waals surface area (Å²) >= 11 is 6.17. The lowest BCUT2D eigenvalue weighted by Gasteiger charge is -2.39. The molecule has 8 heteroatoms. The Hall–Kier alpha value is -3.26. The number of phenols is 1. The van der Waals surface area contributed by atoms with E-state index >= 15 is 0 Å². The van der Waals surface area contributed by atoms with Crippen LogP contribution in [-0.2, 0) is 6.42 Å². The highest BCUT2D eigenvalue weighted by Crippen LogP contribution is 2.42. The Morgan fingerprint density at radius 3 is 2.54 bits per heavy atom. The van der Waals surface area contributed by atoms with Gasteiger partial charge in [-0.3, -0.25) is 4.79 Å². The normalized spacial score (nSPS) is 19.5. The van der Waals surface area contributed by atoms with Crippen molar-refractivity contribution < 1.29 is 24.5 Å². The molecule has 41 heavy (non-hydrogen) atoms. The minimum Gasteiger partial charge on any atom is -0.507 e. The third-order valence-electron chi connectivity index (χ3n) is 8.80. The molecule has 3 aliphatic rings. The van der Waals surface area contributed by atoms with E-state index in [1.807, 2.05) is 24.3 Å². The number of β-amino-alcohol motifs (C(OH)–C–C–N with tert-alkyl or cyclic N) is 1. The number of nitrogens with zero attached hydrogens (tertiary/aromatic N) is 2. The summed E-state index contributed by atoms with van der Waals surface area (Å²) in [4.78, 5) is 17.5. The molecular weight excluding hydrogens is 540 g/mol. The fraction of sp³-hybridized carbons (Fsp3) is 0.424. The van der Waals surface area contributed by atoms with E-state index in [-0.39, 0.29) is 29.4 Å². The van der Waals surface area contributed by atoms with Crippen molar-refractivity contribution in [3.63, 3.8) is 0 Å². The molecule has 0 radical (unpaired) electrons. The van der Waals surface area contributed by atoms with Crippen molar-refractivity contribution in [2.45, 2.75) is 49.7 Å². The summed E-state index contributed by atoms with van der Waals surface area (Å²) in [5.41, 5.74) is 2.43. The zero-order valence-corrected chi connectivity index (χ0v) is 23.9. The number of phenolic OH excluding ortho intramolecular Hbond substituents is 1. The molecule has 3 aromatic rings. The van der Waals surface area contributed by atoms with Crippen molar-refractivity contribution in [2.75, 3.05) is 39.3 Å². The van der Waals surface area contributed by atoms with E-state index in [9.17, 15) is 15.0 Å². The number of halogens is 1. The van der Waals surface area contributed by atoms with Gasteiger partial charge >= 0.3 is 0 Å². The van der Waals surface area contributed by atoms with Crippen LogP contribution in [0.15, 0.2) is 66.7 Å². The van der Waals surface area contributed by atoms with Crippen LogP contribution in [0.25, 0.3) is 0 Å². The number of aromatic hydroxyl groups is 1. The summed E-state index contributed by atoms with van der Waals surface area (Å²) in [7, 11) is 0. The molecule has 1 amide bonds. The van der Waals surface area contributed by atoms with E-state index in [1.54, 1.807) is 17.0 Å². The zero-order valence-electron chi connectivity index (χ0n) is 23.2. The molecule has 0 aliphatic carbocycles. The Bertz CT molecular complexity index is 1370. The number of piperidine rings is 2. The first-order valence-corrected chi connectivity index (χ1v) is 14.9. The first-order chi connectivity index (χ1) is 19.9. The first-order valence-electron chi connectivity index (χ1n) is 14.6. The van der Waals surface area contributed by atoms with Crippen LogP contribution in [0.2, 0.25) is 5.02 Å². The number of carbonyl (C=O) groups excluding carboxylic acids is 1. The van der Waals surface area contributed by atoms with Gasteiger partial charge in [0.1, 0.15) is 41.1 Å². The van der Waals surface area contributed by atoms with Crippen molar-refractivity contribution >= 4 is 17.5 Å². The standard InChI is InChI=1S/C33H37ClN2O5/c34-26-9-10-29-25(19-26)20-33(41-29)13-17-35(18-14-33)21-27(37)22-40-30-8-4-7-28(38)31(30)32(39)36-15-11-24(12-16-36)23-5-2-1-3-6-23/h1-10,19,24,27,37-38H,11-18,20-22H2/t27-/m0/s1. The number of aliphatic hydroxyl groups is 1. The van der Waals surface area contributed by atoms with Gasteiger partial charge in [0.25, 0.3) is 5.91 Å². The minimum absolute atomic E-state index is 0.0297. The Kier molecular flexibility index (Phi) is 8.11. The summed E-state index contributed by atoms with van der Waals surface area (Å²) in [6.07, 6.45) is 3.62. The molecule has 0 unspecified atom stereocenters. The lowest BCUT2D eigenvalue weighted by molar-refractivity contribution is -0.00203. The lowest BCUT2D eigenvalue weighted by atomic mass is 9.87. The third-order valence-corrected chi connectivity index (χ3v) is 9.04. The largest absolute Gasteiger partial charge is 0.507 e. The van der Waals surface area contributed by atoms with Crippen LogP contribution in [0.3, 0.4) is 0 Å².